The van der Waals surface area contributed by atoms with E-state index in [0.29, 0.717) is 19.3 Å². The highest BCUT2D eigenvalue weighted by Gasteiger charge is 2.03. The summed E-state index contributed by atoms with van der Waals surface area (Å²) in [6, 6.07) is 0. The van der Waals surface area contributed by atoms with Crippen LogP contribution in [0.4, 0.5) is 0 Å². The molecule has 0 aromatic carbocycles. The highest BCUT2D eigenvalue weighted by molar-refractivity contribution is 5.64. The third-order valence-corrected chi connectivity index (χ3v) is 2.01. The first-order valence-corrected chi connectivity index (χ1v) is 4.58. The summed E-state index contributed by atoms with van der Waals surface area (Å²) in [6.07, 6.45) is 3.23. The van der Waals surface area contributed by atoms with Crippen LogP contribution >= 0.6 is 0 Å². The lowest BCUT2D eigenvalue weighted by Gasteiger charge is -2.12. The lowest BCUT2D eigenvalue weighted by atomic mass is 9.97. The monoisotopic (exact) mass is 198 g/mol. The van der Waals surface area contributed by atoms with Crippen molar-refractivity contribution in [2.24, 2.45) is 5.92 Å². The van der Waals surface area contributed by atoms with E-state index in [1.54, 1.807) is 6.08 Å². The number of aliphatic carboxylic acids is 2. The zero-order valence-electron chi connectivity index (χ0n) is 8.03. The van der Waals surface area contributed by atoms with Gasteiger partial charge >= 0.3 is 0 Å². The van der Waals surface area contributed by atoms with Crippen molar-refractivity contribution in [2.45, 2.75) is 32.1 Å². The molecule has 0 spiro atoms. The molecule has 0 aliphatic heterocycles. The molecule has 0 fully saturated rings. The highest BCUT2D eigenvalue weighted by Crippen LogP contribution is 2.15. The van der Waals surface area contributed by atoms with E-state index in [1.165, 1.54) is 0 Å². The zero-order chi connectivity index (χ0) is 11.0. The first kappa shape index (κ1) is 12.7. The number of carboxylic acid groups (broad SMARTS) is 2. The van der Waals surface area contributed by atoms with Gasteiger partial charge in [0.2, 0.25) is 0 Å². The van der Waals surface area contributed by atoms with E-state index < -0.39 is 11.9 Å². The molecule has 0 saturated heterocycles. The Morgan fingerprint density at radius 3 is 2.14 bits per heavy atom. The lowest BCUT2D eigenvalue weighted by Crippen LogP contribution is -2.23. The van der Waals surface area contributed by atoms with Crippen molar-refractivity contribution in [3.63, 3.8) is 0 Å². The first-order chi connectivity index (χ1) is 6.56. The van der Waals surface area contributed by atoms with Crippen LogP contribution in [-0.4, -0.2) is 11.9 Å². The molecular formula is C10H14O4-2. The van der Waals surface area contributed by atoms with Crippen molar-refractivity contribution in [1.82, 2.24) is 0 Å². The van der Waals surface area contributed by atoms with Crippen molar-refractivity contribution < 1.29 is 19.8 Å². The van der Waals surface area contributed by atoms with Crippen LogP contribution in [0.1, 0.15) is 32.1 Å². The molecular weight excluding hydrogens is 184 g/mol. The molecule has 1 atom stereocenters. The Hall–Kier alpha value is -1.32. The van der Waals surface area contributed by atoms with Gasteiger partial charge in [-0.05, 0) is 38.0 Å². The minimum absolute atomic E-state index is 0.00958. The Morgan fingerprint density at radius 1 is 1.14 bits per heavy atom. The van der Waals surface area contributed by atoms with E-state index in [-0.39, 0.29) is 18.8 Å². The van der Waals surface area contributed by atoms with Crippen molar-refractivity contribution >= 4 is 11.9 Å². The highest BCUT2D eigenvalue weighted by atomic mass is 16.4. The Labute approximate surface area is 83.2 Å². The average Bonchev–Trinajstić information content (AvgIpc) is 2.10. The maximum Gasteiger partial charge on any atom is 0.0414 e. The van der Waals surface area contributed by atoms with Crippen molar-refractivity contribution in [2.75, 3.05) is 0 Å². The van der Waals surface area contributed by atoms with Crippen LogP contribution in [0.15, 0.2) is 12.7 Å². The molecule has 0 aromatic rings. The van der Waals surface area contributed by atoms with E-state index in [0.717, 1.165) is 0 Å². The number of allylic oxidation sites excluding steroid dienone is 1. The molecule has 0 rings (SSSR count). The Kier molecular flexibility index (Phi) is 6.45. The Bertz CT molecular complexity index is 210. The number of carbonyl (C=O) groups excluding carboxylic acids is 2. The second-order valence-corrected chi connectivity index (χ2v) is 3.17. The lowest BCUT2D eigenvalue weighted by molar-refractivity contribution is -0.307. The van der Waals surface area contributed by atoms with Crippen LogP contribution in [0.5, 0.6) is 0 Å². The fourth-order valence-corrected chi connectivity index (χ4v) is 1.19. The number of rotatable bonds is 8. The molecule has 4 heteroatoms. The molecule has 80 valence electrons. The van der Waals surface area contributed by atoms with Gasteiger partial charge in [-0.2, -0.15) is 0 Å². The summed E-state index contributed by atoms with van der Waals surface area (Å²) >= 11 is 0. The largest absolute Gasteiger partial charge is 0.550 e. The summed E-state index contributed by atoms with van der Waals surface area (Å²) in [6.45, 7) is 3.56. The quantitative estimate of drug-likeness (QED) is 0.480. The second-order valence-electron chi connectivity index (χ2n) is 3.17. The van der Waals surface area contributed by atoms with Gasteiger partial charge in [0, 0.05) is 11.9 Å². The standard InChI is InChI=1S/C10H16O4/c1-2-8(6-7-10(13)14)4-3-5-9(11)12/h2,8H,1,3-7H2,(H,11,12)(H,13,14)/p-2. The third kappa shape index (κ3) is 7.34. The fourth-order valence-electron chi connectivity index (χ4n) is 1.19. The Balaban J connectivity index is 3.63. The molecule has 1 unspecified atom stereocenters. The van der Waals surface area contributed by atoms with Gasteiger partial charge in [0.1, 0.15) is 0 Å². The summed E-state index contributed by atoms with van der Waals surface area (Å²) in [5, 5.41) is 20.2. The van der Waals surface area contributed by atoms with Crippen molar-refractivity contribution in [1.29, 1.82) is 0 Å². The maximum absolute atomic E-state index is 10.2. The summed E-state index contributed by atoms with van der Waals surface area (Å²) < 4.78 is 0. The normalized spacial score (nSPS) is 12.0. The summed E-state index contributed by atoms with van der Waals surface area (Å²) in [5.41, 5.74) is 0. The topological polar surface area (TPSA) is 80.3 Å². The molecule has 0 radical (unpaired) electrons. The summed E-state index contributed by atoms with van der Waals surface area (Å²) in [4.78, 5) is 20.2. The van der Waals surface area contributed by atoms with Crippen molar-refractivity contribution in [3.8, 4) is 0 Å². The first-order valence-electron chi connectivity index (χ1n) is 4.58. The maximum atomic E-state index is 10.2. The molecule has 4 nitrogen and oxygen atoms in total. The molecule has 0 saturated carbocycles. The minimum Gasteiger partial charge on any atom is -0.550 e. The fraction of sp³-hybridized carbons (Fsp3) is 0.600. The van der Waals surface area contributed by atoms with Gasteiger partial charge in [0.25, 0.3) is 0 Å². The van der Waals surface area contributed by atoms with E-state index in [4.69, 9.17) is 0 Å². The van der Waals surface area contributed by atoms with E-state index in [1.807, 2.05) is 0 Å². The van der Waals surface area contributed by atoms with Gasteiger partial charge in [-0.25, -0.2) is 0 Å². The molecule has 0 bridgehead atoms. The smallest absolute Gasteiger partial charge is 0.0414 e. The molecule has 0 amide bonds. The van der Waals surface area contributed by atoms with Crippen LogP contribution in [0.25, 0.3) is 0 Å². The van der Waals surface area contributed by atoms with Gasteiger partial charge in [0.05, 0.1) is 0 Å². The third-order valence-electron chi connectivity index (χ3n) is 2.01. The average molecular weight is 198 g/mol. The predicted octanol–water partition coefficient (Wildman–Crippen LogP) is -0.761. The van der Waals surface area contributed by atoms with E-state index in [9.17, 15) is 19.8 Å². The molecule has 0 aromatic heterocycles. The van der Waals surface area contributed by atoms with E-state index >= 15 is 0 Å². The molecule has 0 aliphatic rings. The SMILES string of the molecule is C=CC(CCCC(=O)[O-])CCC(=O)[O-]. The van der Waals surface area contributed by atoms with Gasteiger partial charge in [-0.15, -0.1) is 6.58 Å². The van der Waals surface area contributed by atoms with Gasteiger partial charge < -0.3 is 19.8 Å². The molecule has 0 aliphatic carbocycles. The van der Waals surface area contributed by atoms with Gasteiger partial charge in [0.15, 0.2) is 0 Å². The van der Waals surface area contributed by atoms with Crippen LogP contribution in [-0.2, 0) is 9.59 Å². The summed E-state index contributed by atoms with van der Waals surface area (Å²) in [5.74, 6) is -2.11. The van der Waals surface area contributed by atoms with Crippen molar-refractivity contribution in [3.05, 3.63) is 12.7 Å². The minimum atomic E-state index is -1.09. The van der Waals surface area contributed by atoms with Crippen LogP contribution in [0.3, 0.4) is 0 Å². The van der Waals surface area contributed by atoms with Gasteiger partial charge in [-0.1, -0.05) is 6.08 Å². The number of hydrogen-bond donors (Lipinski definition) is 0. The predicted molar refractivity (Wildman–Crippen MR) is 46.8 cm³/mol. The number of carbonyl (C=O) groups is 2. The van der Waals surface area contributed by atoms with Crippen LogP contribution < -0.4 is 10.2 Å². The second kappa shape index (κ2) is 7.12. The van der Waals surface area contributed by atoms with Crippen LogP contribution in [0.2, 0.25) is 0 Å². The van der Waals surface area contributed by atoms with E-state index in [2.05, 4.69) is 6.58 Å². The summed E-state index contributed by atoms with van der Waals surface area (Å²) in [7, 11) is 0. The number of carboxylic acids is 2. The molecule has 0 heterocycles. The molecule has 14 heavy (non-hydrogen) atoms. The van der Waals surface area contributed by atoms with Gasteiger partial charge in [-0.3, -0.25) is 0 Å². The molecule has 0 N–H and O–H groups in total. The number of hydrogen-bond acceptors (Lipinski definition) is 4. The zero-order valence-corrected chi connectivity index (χ0v) is 8.03. The van der Waals surface area contributed by atoms with Crippen LogP contribution in [0, 0.1) is 5.92 Å². The Morgan fingerprint density at radius 2 is 1.71 bits per heavy atom.